The fourth-order valence-corrected chi connectivity index (χ4v) is 5.38. The predicted octanol–water partition coefficient (Wildman–Crippen LogP) is 6.70. The number of carbonyl (C=O) groups is 1. The highest BCUT2D eigenvalue weighted by atomic mass is 19.4. The number of benzene rings is 2. The van der Waals surface area contributed by atoms with Crippen molar-refractivity contribution in [2.75, 3.05) is 36.9 Å². The molecule has 4 aromatic rings. The van der Waals surface area contributed by atoms with E-state index in [0.29, 0.717) is 35.8 Å². The lowest BCUT2D eigenvalue weighted by molar-refractivity contribution is -0.137. The van der Waals surface area contributed by atoms with Gasteiger partial charge in [0.25, 0.3) is 5.91 Å². The summed E-state index contributed by atoms with van der Waals surface area (Å²) in [5, 5.41) is 9.35. The van der Waals surface area contributed by atoms with E-state index >= 15 is 0 Å². The number of anilines is 3. The van der Waals surface area contributed by atoms with Crippen molar-refractivity contribution in [2.45, 2.75) is 51.9 Å². The van der Waals surface area contributed by atoms with Gasteiger partial charge in [0.1, 0.15) is 24.5 Å². The van der Waals surface area contributed by atoms with E-state index in [4.69, 9.17) is 4.74 Å². The number of carbonyl (C=O) groups excluding carboxylic acids is 1. The number of aryl methyl sites for hydroxylation is 1. The molecule has 1 amide bonds. The summed E-state index contributed by atoms with van der Waals surface area (Å²) in [5.41, 5.74) is 2.19. The van der Waals surface area contributed by atoms with E-state index in [1.54, 1.807) is 42.7 Å². The molecule has 0 saturated carbocycles. The van der Waals surface area contributed by atoms with Crippen molar-refractivity contribution in [3.8, 4) is 17.0 Å². The van der Waals surface area contributed by atoms with Crippen molar-refractivity contribution in [3.05, 3.63) is 90.0 Å². The maximum absolute atomic E-state index is 13.8. The molecule has 1 aliphatic heterocycles. The average molecular weight is 634 g/mol. The molecule has 3 N–H and O–H groups in total. The van der Waals surface area contributed by atoms with Crippen LogP contribution >= 0.6 is 0 Å². The number of nitrogens with zero attached hydrogens (tertiary/aromatic N) is 4. The van der Waals surface area contributed by atoms with E-state index in [0.717, 1.165) is 49.2 Å². The van der Waals surface area contributed by atoms with Crippen LogP contribution in [0.15, 0.2) is 73.3 Å². The number of rotatable bonds is 12. The molecule has 0 aliphatic carbocycles. The van der Waals surface area contributed by atoms with E-state index in [1.165, 1.54) is 12.4 Å². The second-order valence-corrected chi connectivity index (χ2v) is 11.6. The summed E-state index contributed by atoms with van der Waals surface area (Å²) in [6.45, 7) is 8.67. The summed E-state index contributed by atoms with van der Waals surface area (Å²) in [6, 6.07) is 14.5. The molecular weight excluding hydrogens is 595 g/mol. The zero-order valence-corrected chi connectivity index (χ0v) is 26.1. The Morgan fingerprint density at radius 3 is 2.70 bits per heavy atom. The Hall–Kier alpha value is -4.55. The third-order valence-electron chi connectivity index (χ3n) is 7.82. The number of ether oxygens (including phenoxy) is 1. The second kappa shape index (κ2) is 14.7. The maximum atomic E-state index is 13.8. The first-order valence-electron chi connectivity index (χ1n) is 15.3. The molecule has 1 saturated heterocycles. The van der Waals surface area contributed by atoms with Crippen molar-refractivity contribution >= 4 is 23.1 Å². The highest BCUT2D eigenvalue weighted by Crippen LogP contribution is 2.35. The van der Waals surface area contributed by atoms with Gasteiger partial charge in [-0.1, -0.05) is 19.9 Å². The maximum Gasteiger partial charge on any atom is 0.416 e. The summed E-state index contributed by atoms with van der Waals surface area (Å²) in [6.07, 6.45) is 2.25. The van der Waals surface area contributed by atoms with Crippen molar-refractivity contribution in [1.82, 2.24) is 25.2 Å². The molecule has 0 spiro atoms. The Balaban J connectivity index is 1.29. The topological polar surface area (TPSA) is 104 Å². The van der Waals surface area contributed by atoms with Crippen molar-refractivity contribution in [2.24, 2.45) is 0 Å². The Bertz CT molecular complexity index is 1630. The van der Waals surface area contributed by atoms with Crippen LogP contribution in [-0.2, 0) is 6.18 Å². The number of alkyl halides is 3. The summed E-state index contributed by atoms with van der Waals surface area (Å²) >= 11 is 0. The monoisotopic (exact) mass is 633 g/mol. The van der Waals surface area contributed by atoms with Crippen LogP contribution in [-0.4, -0.2) is 64.1 Å². The van der Waals surface area contributed by atoms with Gasteiger partial charge in [-0.15, -0.1) is 0 Å². The largest absolute Gasteiger partial charge is 0.492 e. The fraction of sp³-hybridized carbons (Fsp3) is 0.353. The summed E-state index contributed by atoms with van der Waals surface area (Å²) in [7, 11) is 0. The van der Waals surface area contributed by atoms with Crippen LogP contribution in [0, 0.1) is 6.92 Å². The number of hydrogen-bond donors (Lipinski definition) is 3. The van der Waals surface area contributed by atoms with E-state index in [2.05, 4.69) is 49.6 Å². The minimum absolute atomic E-state index is 0.0131. The molecule has 3 heterocycles. The molecule has 1 aliphatic rings. The Morgan fingerprint density at radius 1 is 1.09 bits per heavy atom. The molecule has 46 heavy (non-hydrogen) atoms. The van der Waals surface area contributed by atoms with Crippen molar-refractivity contribution in [1.29, 1.82) is 0 Å². The smallest absolute Gasteiger partial charge is 0.416 e. The average Bonchev–Trinajstić information content (AvgIpc) is 3.48. The van der Waals surface area contributed by atoms with Gasteiger partial charge >= 0.3 is 6.18 Å². The fourth-order valence-electron chi connectivity index (χ4n) is 5.38. The van der Waals surface area contributed by atoms with Gasteiger partial charge in [-0.3, -0.25) is 9.69 Å². The first-order valence-corrected chi connectivity index (χ1v) is 15.3. The van der Waals surface area contributed by atoms with Gasteiger partial charge < -0.3 is 20.7 Å². The summed E-state index contributed by atoms with van der Waals surface area (Å²) in [4.78, 5) is 28.3. The molecule has 2 aromatic carbocycles. The molecule has 0 radical (unpaired) electrons. The number of hydrogen-bond acceptors (Lipinski definition) is 8. The third-order valence-corrected chi connectivity index (χ3v) is 7.82. The highest BCUT2D eigenvalue weighted by molar-refractivity contribution is 6.05. The van der Waals surface area contributed by atoms with Crippen LogP contribution < -0.4 is 20.7 Å². The van der Waals surface area contributed by atoms with Crippen LogP contribution in [0.1, 0.15) is 48.2 Å². The van der Waals surface area contributed by atoms with Crippen molar-refractivity contribution in [3.63, 3.8) is 0 Å². The lowest BCUT2D eigenvalue weighted by Gasteiger charge is -2.25. The van der Waals surface area contributed by atoms with Gasteiger partial charge in [-0.25, -0.2) is 15.0 Å². The zero-order valence-electron chi connectivity index (χ0n) is 26.1. The first-order chi connectivity index (χ1) is 22.1. The number of pyridine rings is 1. The number of aromatic nitrogens is 3. The standard InChI is InChI=1S/C34H38F3N7O2/c1-22(2)40-20-27-6-5-13-44(27)14-15-46-28-18-25(34(35,36)37)17-26(19-28)42-33(45)24-9-8-23(3)31(16-24)43-32-29(7-4-11-39-32)30-10-12-38-21-41-30/h4,7-12,16-19,21-22,27,40H,5-6,13-15,20H2,1-3H3,(H,39,43)(H,42,45). The molecule has 1 unspecified atom stereocenters. The lowest BCUT2D eigenvalue weighted by atomic mass is 10.1. The van der Waals surface area contributed by atoms with Gasteiger partial charge in [-0.2, -0.15) is 13.2 Å². The predicted molar refractivity (Wildman–Crippen MR) is 172 cm³/mol. The van der Waals surface area contributed by atoms with Gasteiger partial charge in [0.15, 0.2) is 0 Å². The first kappa shape index (κ1) is 32.8. The molecule has 2 aromatic heterocycles. The Labute approximate surface area is 266 Å². The minimum atomic E-state index is -4.62. The second-order valence-electron chi connectivity index (χ2n) is 11.6. The van der Waals surface area contributed by atoms with Crippen LogP contribution in [0.2, 0.25) is 0 Å². The van der Waals surface area contributed by atoms with Gasteiger partial charge in [0.2, 0.25) is 0 Å². The summed E-state index contributed by atoms with van der Waals surface area (Å²) in [5.74, 6) is 0.000681. The Kier molecular flexibility index (Phi) is 10.5. The molecule has 12 heteroatoms. The van der Waals surface area contributed by atoms with Gasteiger partial charge in [-0.05, 0) is 74.3 Å². The molecule has 5 rings (SSSR count). The van der Waals surface area contributed by atoms with E-state index in [1.807, 2.05) is 13.0 Å². The third kappa shape index (κ3) is 8.58. The van der Waals surface area contributed by atoms with E-state index in [9.17, 15) is 18.0 Å². The molecule has 1 atom stereocenters. The molecule has 242 valence electrons. The summed E-state index contributed by atoms with van der Waals surface area (Å²) < 4.78 is 47.3. The number of amides is 1. The van der Waals surface area contributed by atoms with Crippen LogP contribution in [0.25, 0.3) is 11.3 Å². The van der Waals surface area contributed by atoms with Crippen LogP contribution in [0.5, 0.6) is 5.75 Å². The minimum Gasteiger partial charge on any atom is -0.492 e. The van der Waals surface area contributed by atoms with Crippen LogP contribution in [0.4, 0.5) is 30.4 Å². The SMILES string of the molecule is Cc1ccc(C(=O)Nc2cc(OCCN3CCCC3CNC(C)C)cc(C(F)(F)F)c2)cc1Nc1ncccc1-c1ccncn1. The number of nitrogens with one attached hydrogen (secondary N) is 3. The number of halogens is 3. The molecule has 1 fully saturated rings. The van der Waals surface area contributed by atoms with E-state index < -0.39 is 17.6 Å². The van der Waals surface area contributed by atoms with E-state index in [-0.39, 0.29) is 23.6 Å². The number of likely N-dealkylation sites (tertiary alicyclic amines) is 1. The molecular formula is C34H38F3N7O2. The Morgan fingerprint density at radius 2 is 1.93 bits per heavy atom. The van der Waals surface area contributed by atoms with Gasteiger partial charge in [0, 0.05) is 66.1 Å². The van der Waals surface area contributed by atoms with Crippen molar-refractivity contribution < 1.29 is 22.7 Å². The molecule has 0 bridgehead atoms. The quantitative estimate of drug-likeness (QED) is 0.158. The normalized spacial score (nSPS) is 15.2. The highest BCUT2D eigenvalue weighted by Gasteiger charge is 2.32. The van der Waals surface area contributed by atoms with Gasteiger partial charge in [0.05, 0.1) is 11.3 Å². The van der Waals surface area contributed by atoms with Crippen LogP contribution in [0.3, 0.4) is 0 Å². The molecule has 9 nitrogen and oxygen atoms in total. The zero-order chi connectivity index (χ0) is 32.7. The lowest BCUT2D eigenvalue weighted by Crippen LogP contribution is -2.41.